The van der Waals surface area contributed by atoms with Gasteiger partial charge in [-0.3, -0.25) is 4.79 Å². The van der Waals surface area contributed by atoms with Crippen LogP contribution in [0.3, 0.4) is 0 Å². The van der Waals surface area contributed by atoms with Crippen molar-refractivity contribution in [3.05, 3.63) is 71.8 Å². The molecule has 0 amide bonds. The van der Waals surface area contributed by atoms with Crippen molar-refractivity contribution in [3.63, 3.8) is 0 Å². The van der Waals surface area contributed by atoms with Gasteiger partial charge in [0.25, 0.3) is 0 Å². The van der Waals surface area contributed by atoms with Crippen LogP contribution in [0.4, 0.5) is 0 Å². The molecule has 0 saturated heterocycles. The number of ketones is 1. The van der Waals surface area contributed by atoms with Crippen molar-refractivity contribution in [2.75, 3.05) is 13.2 Å². The van der Waals surface area contributed by atoms with Crippen LogP contribution in [0.5, 0.6) is 0 Å². The summed E-state index contributed by atoms with van der Waals surface area (Å²) < 4.78 is 12.1. The number of ether oxygens (including phenoxy) is 1. The zero-order valence-electron chi connectivity index (χ0n) is 17.9. The van der Waals surface area contributed by atoms with Crippen LogP contribution in [0, 0.1) is 5.92 Å². The van der Waals surface area contributed by atoms with Gasteiger partial charge in [0.1, 0.15) is 0 Å². The van der Waals surface area contributed by atoms with Gasteiger partial charge < -0.3 is 9.16 Å². The monoisotopic (exact) mass is 398 g/mol. The van der Waals surface area contributed by atoms with E-state index in [9.17, 15) is 4.79 Å². The van der Waals surface area contributed by atoms with E-state index in [0.29, 0.717) is 19.6 Å². The maximum Gasteiger partial charge on any atom is 0.192 e. The molecule has 0 aromatic heterocycles. The molecule has 152 valence electrons. The Morgan fingerprint density at radius 2 is 1.46 bits per heavy atom. The fourth-order valence-corrected chi connectivity index (χ4v) is 3.58. The highest BCUT2D eigenvalue weighted by atomic mass is 28.4. The van der Waals surface area contributed by atoms with Gasteiger partial charge in [-0.05, 0) is 35.7 Å². The Kier molecular flexibility index (Phi) is 8.17. The van der Waals surface area contributed by atoms with Crippen molar-refractivity contribution in [1.29, 1.82) is 0 Å². The molecule has 0 aliphatic heterocycles. The summed E-state index contributed by atoms with van der Waals surface area (Å²) in [6.45, 7) is 12.0. The molecule has 4 heteroatoms. The summed E-state index contributed by atoms with van der Waals surface area (Å²) in [7, 11) is -1.95. The summed E-state index contributed by atoms with van der Waals surface area (Å²) in [5, 5.41) is 0.0893. The molecule has 2 aromatic carbocycles. The Balaban J connectivity index is 1.99. The van der Waals surface area contributed by atoms with E-state index < -0.39 is 8.32 Å². The molecular weight excluding hydrogens is 364 g/mol. The number of hydrogen-bond acceptors (Lipinski definition) is 3. The lowest BCUT2D eigenvalue weighted by atomic mass is 9.96. The molecule has 0 radical (unpaired) electrons. The smallest absolute Gasteiger partial charge is 0.192 e. The maximum absolute atomic E-state index is 13.0. The van der Waals surface area contributed by atoms with Gasteiger partial charge >= 0.3 is 0 Å². The van der Waals surface area contributed by atoms with E-state index in [-0.39, 0.29) is 23.3 Å². The molecule has 0 spiro atoms. The van der Waals surface area contributed by atoms with Crippen LogP contribution in [0.2, 0.25) is 18.1 Å². The first-order valence-electron chi connectivity index (χ1n) is 10.0. The topological polar surface area (TPSA) is 35.5 Å². The fraction of sp³-hybridized carbons (Fsp3) is 0.458. The van der Waals surface area contributed by atoms with Crippen LogP contribution in [0.25, 0.3) is 0 Å². The minimum absolute atomic E-state index is 0.0893. The summed E-state index contributed by atoms with van der Waals surface area (Å²) >= 11 is 0. The first-order chi connectivity index (χ1) is 13.2. The zero-order chi connectivity index (χ0) is 20.6. The van der Waals surface area contributed by atoms with Gasteiger partial charge in [-0.15, -0.1) is 0 Å². The van der Waals surface area contributed by atoms with Crippen molar-refractivity contribution >= 4 is 14.1 Å². The quantitative estimate of drug-likeness (QED) is 0.485. The zero-order valence-corrected chi connectivity index (χ0v) is 18.9. The van der Waals surface area contributed by atoms with Crippen LogP contribution in [-0.4, -0.2) is 27.3 Å². The number of carbonyl (C=O) groups excluding carboxylic acids is 1. The Bertz CT molecular complexity index is 721. The van der Waals surface area contributed by atoms with Gasteiger partial charge in [0.15, 0.2) is 14.1 Å². The normalized spacial score (nSPS) is 13.3. The number of rotatable bonds is 10. The minimum Gasteiger partial charge on any atom is -0.410 e. The van der Waals surface area contributed by atoms with Crippen molar-refractivity contribution in [1.82, 2.24) is 0 Å². The van der Waals surface area contributed by atoms with Crippen LogP contribution in [0.1, 0.15) is 31.9 Å². The predicted molar refractivity (Wildman–Crippen MR) is 118 cm³/mol. The molecule has 0 heterocycles. The number of Topliss-reactive ketones (excluding diaryl/α,β-unsaturated/α-hetero) is 1. The largest absolute Gasteiger partial charge is 0.410 e. The third-order valence-electron chi connectivity index (χ3n) is 5.59. The number of carbonyl (C=O) groups is 1. The molecule has 0 bridgehead atoms. The number of benzene rings is 2. The number of hydrogen-bond donors (Lipinski definition) is 0. The molecule has 0 saturated carbocycles. The Morgan fingerprint density at radius 1 is 0.929 bits per heavy atom. The molecule has 1 atom stereocenters. The van der Waals surface area contributed by atoms with Crippen LogP contribution in [-0.2, 0) is 27.0 Å². The van der Waals surface area contributed by atoms with E-state index >= 15 is 0 Å². The average molecular weight is 399 g/mol. The lowest BCUT2D eigenvalue weighted by molar-refractivity contribution is -0.127. The summed E-state index contributed by atoms with van der Waals surface area (Å²) in [4.78, 5) is 13.0. The van der Waals surface area contributed by atoms with Gasteiger partial charge in [-0.25, -0.2) is 0 Å². The van der Waals surface area contributed by atoms with Crippen molar-refractivity contribution in [3.8, 4) is 0 Å². The van der Waals surface area contributed by atoms with Gasteiger partial charge in [-0.2, -0.15) is 0 Å². The lowest BCUT2D eigenvalue weighted by Gasteiger charge is -2.36. The Morgan fingerprint density at radius 3 is 2.00 bits per heavy atom. The molecule has 3 nitrogen and oxygen atoms in total. The Hall–Kier alpha value is -1.75. The highest BCUT2D eigenvalue weighted by Crippen LogP contribution is 2.36. The summed E-state index contributed by atoms with van der Waals surface area (Å²) in [6, 6.07) is 20.2. The second-order valence-electron chi connectivity index (χ2n) is 8.90. The minimum atomic E-state index is -1.95. The summed E-state index contributed by atoms with van der Waals surface area (Å²) in [6.07, 6.45) is 0.676. The fourth-order valence-electron chi connectivity index (χ4n) is 2.64. The first-order valence-corrected chi connectivity index (χ1v) is 12.9. The highest BCUT2D eigenvalue weighted by molar-refractivity contribution is 6.74. The summed E-state index contributed by atoms with van der Waals surface area (Å²) in [5.41, 5.74) is 2.27. The molecule has 0 aliphatic rings. The molecule has 2 rings (SSSR count). The second-order valence-corrected chi connectivity index (χ2v) is 13.7. The van der Waals surface area contributed by atoms with E-state index in [2.05, 4.69) is 46.0 Å². The lowest BCUT2D eigenvalue weighted by Crippen LogP contribution is -2.43. The van der Waals surface area contributed by atoms with E-state index in [1.165, 1.54) is 0 Å². The molecule has 0 N–H and O–H groups in total. The van der Waals surface area contributed by atoms with Gasteiger partial charge in [0.05, 0.1) is 19.8 Å². The van der Waals surface area contributed by atoms with Gasteiger partial charge in [0.2, 0.25) is 0 Å². The van der Waals surface area contributed by atoms with Gasteiger partial charge in [-0.1, -0.05) is 81.4 Å². The van der Waals surface area contributed by atoms with Crippen molar-refractivity contribution in [2.24, 2.45) is 5.92 Å². The van der Waals surface area contributed by atoms with Gasteiger partial charge in [0, 0.05) is 5.92 Å². The summed E-state index contributed by atoms with van der Waals surface area (Å²) in [5.74, 6) is -0.0716. The van der Waals surface area contributed by atoms with Crippen molar-refractivity contribution in [2.45, 2.75) is 51.9 Å². The molecule has 28 heavy (non-hydrogen) atoms. The molecular formula is C24H34O3Si. The third-order valence-corrected chi connectivity index (χ3v) is 10.1. The third kappa shape index (κ3) is 7.01. The van der Waals surface area contributed by atoms with E-state index in [4.69, 9.17) is 9.16 Å². The Labute approximate surface area is 171 Å². The maximum atomic E-state index is 13.0. The first kappa shape index (κ1) is 22.5. The van der Waals surface area contributed by atoms with Crippen LogP contribution >= 0.6 is 0 Å². The second kappa shape index (κ2) is 10.1. The van der Waals surface area contributed by atoms with E-state index in [1.54, 1.807) is 0 Å². The SMILES string of the molecule is CC(C)(C)[Si](C)(C)OCC(=O)[C@@H](COCc1ccccc1)Cc1ccccc1. The van der Waals surface area contributed by atoms with Crippen LogP contribution in [0.15, 0.2) is 60.7 Å². The molecule has 0 fully saturated rings. The predicted octanol–water partition coefficient (Wildman–Crippen LogP) is 5.65. The highest BCUT2D eigenvalue weighted by Gasteiger charge is 2.38. The molecule has 0 unspecified atom stereocenters. The average Bonchev–Trinajstić information content (AvgIpc) is 2.66. The van der Waals surface area contributed by atoms with E-state index in [0.717, 1.165) is 11.1 Å². The standard InChI is InChI=1S/C24H34O3Si/c1-24(2,3)28(4,5)27-19-23(25)22(16-20-12-8-6-9-13-20)18-26-17-21-14-10-7-11-15-21/h6-15,22H,16-19H2,1-5H3/t22-/m1/s1. The molecule has 2 aromatic rings. The molecule has 0 aliphatic carbocycles. The van der Waals surface area contributed by atoms with Crippen LogP contribution < -0.4 is 0 Å². The van der Waals surface area contributed by atoms with Crippen molar-refractivity contribution < 1.29 is 14.0 Å². The van der Waals surface area contributed by atoms with E-state index in [1.807, 2.05) is 48.5 Å².